The van der Waals surface area contributed by atoms with Gasteiger partial charge in [-0.1, -0.05) is 13.8 Å². The minimum absolute atomic E-state index is 0.104. The van der Waals surface area contributed by atoms with Crippen LogP contribution in [0.2, 0.25) is 0 Å². The fourth-order valence-corrected chi connectivity index (χ4v) is 1.02. The van der Waals surface area contributed by atoms with Crippen molar-refractivity contribution in [1.82, 2.24) is 10.2 Å². The van der Waals surface area contributed by atoms with Crippen LogP contribution in [0.5, 0.6) is 0 Å². The van der Waals surface area contributed by atoms with E-state index in [2.05, 4.69) is 17.1 Å². The third-order valence-electron chi connectivity index (χ3n) is 2.29. The Kier molecular flexibility index (Phi) is 7.42. The van der Waals surface area contributed by atoms with Crippen molar-refractivity contribution >= 4 is 5.91 Å². The number of nitrogens with two attached hydrogens (primary N) is 1. The maximum Gasteiger partial charge on any atom is 0.220 e. The quantitative estimate of drug-likeness (QED) is 0.611. The Morgan fingerprint density at radius 1 is 1.57 bits per heavy atom. The number of nitrogens with one attached hydrogen (secondary N) is 1. The van der Waals surface area contributed by atoms with Gasteiger partial charge >= 0.3 is 0 Å². The molecule has 0 aliphatic rings. The second-order valence-electron chi connectivity index (χ2n) is 3.79. The predicted octanol–water partition coefficient (Wildman–Crippen LogP) is 0.0392. The van der Waals surface area contributed by atoms with Gasteiger partial charge in [-0.25, -0.2) is 0 Å². The van der Waals surface area contributed by atoms with Crippen LogP contribution in [0.25, 0.3) is 0 Å². The molecule has 4 heteroatoms. The van der Waals surface area contributed by atoms with Crippen LogP contribution in [-0.4, -0.2) is 44.0 Å². The zero-order chi connectivity index (χ0) is 11.0. The summed E-state index contributed by atoms with van der Waals surface area (Å²) in [6.45, 7) is 7.28. The van der Waals surface area contributed by atoms with E-state index in [0.29, 0.717) is 13.0 Å². The summed E-state index contributed by atoms with van der Waals surface area (Å²) in [5.74, 6) is 0.381. The van der Waals surface area contributed by atoms with Gasteiger partial charge in [0.05, 0.1) is 0 Å². The summed E-state index contributed by atoms with van der Waals surface area (Å²) in [7, 11) is 2.04. The van der Waals surface area contributed by atoms with Gasteiger partial charge in [0.2, 0.25) is 5.91 Å². The van der Waals surface area contributed by atoms with Crippen molar-refractivity contribution in [3.63, 3.8) is 0 Å². The standard InChI is InChI=1S/C10H23N3O/c1-4-13(3)6-5-12-10(14)7-9(2)8-11/h9H,4-8,11H2,1-3H3,(H,12,14). The SMILES string of the molecule is CCN(C)CCNC(=O)CC(C)CN. The third kappa shape index (κ3) is 6.86. The van der Waals surface area contributed by atoms with Crippen LogP contribution in [0, 0.1) is 5.92 Å². The van der Waals surface area contributed by atoms with Gasteiger partial charge in [-0.3, -0.25) is 4.79 Å². The van der Waals surface area contributed by atoms with Crippen LogP contribution in [0.15, 0.2) is 0 Å². The largest absolute Gasteiger partial charge is 0.355 e. The van der Waals surface area contributed by atoms with Crippen LogP contribution in [0.1, 0.15) is 20.3 Å². The number of hydrogen-bond acceptors (Lipinski definition) is 3. The number of carbonyl (C=O) groups is 1. The molecular weight excluding hydrogens is 178 g/mol. The van der Waals surface area contributed by atoms with Crippen LogP contribution >= 0.6 is 0 Å². The van der Waals surface area contributed by atoms with E-state index in [1.54, 1.807) is 0 Å². The molecular formula is C10H23N3O. The minimum atomic E-state index is 0.104. The van der Waals surface area contributed by atoms with Gasteiger partial charge in [-0.05, 0) is 26.1 Å². The fraction of sp³-hybridized carbons (Fsp3) is 0.900. The number of nitrogens with zero attached hydrogens (tertiary/aromatic N) is 1. The molecule has 0 spiro atoms. The molecule has 84 valence electrons. The van der Waals surface area contributed by atoms with E-state index in [9.17, 15) is 4.79 Å². The highest BCUT2D eigenvalue weighted by atomic mass is 16.1. The minimum Gasteiger partial charge on any atom is -0.355 e. The summed E-state index contributed by atoms with van der Waals surface area (Å²) in [5, 5.41) is 2.88. The monoisotopic (exact) mass is 201 g/mol. The zero-order valence-electron chi connectivity index (χ0n) is 9.55. The lowest BCUT2D eigenvalue weighted by Crippen LogP contribution is -2.34. The van der Waals surface area contributed by atoms with E-state index in [-0.39, 0.29) is 11.8 Å². The Morgan fingerprint density at radius 3 is 2.71 bits per heavy atom. The molecule has 0 saturated carbocycles. The molecule has 0 aromatic rings. The van der Waals surface area contributed by atoms with E-state index < -0.39 is 0 Å². The number of carbonyl (C=O) groups excluding carboxylic acids is 1. The fourth-order valence-electron chi connectivity index (χ4n) is 1.02. The van der Waals surface area contributed by atoms with Gasteiger partial charge in [0, 0.05) is 19.5 Å². The Labute approximate surface area is 86.8 Å². The number of hydrogen-bond donors (Lipinski definition) is 2. The molecule has 1 atom stereocenters. The van der Waals surface area contributed by atoms with Gasteiger partial charge in [0.15, 0.2) is 0 Å². The highest BCUT2D eigenvalue weighted by molar-refractivity contribution is 5.76. The zero-order valence-corrected chi connectivity index (χ0v) is 9.55. The van der Waals surface area contributed by atoms with Crippen molar-refractivity contribution in [3.8, 4) is 0 Å². The Bertz CT molecular complexity index is 161. The van der Waals surface area contributed by atoms with Gasteiger partial charge < -0.3 is 16.0 Å². The molecule has 0 aliphatic carbocycles. The van der Waals surface area contributed by atoms with Crippen LogP contribution in [-0.2, 0) is 4.79 Å². The molecule has 0 aromatic carbocycles. The summed E-state index contributed by atoms with van der Waals surface area (Å²) in [4.78, 5) is 13.5. The molecule has 0 aliphatic heterocycles. The second-order valence-corrected chi connectivity index (χ2v) is 3.79. The average Bonchev–Trinajstić information content (AvgIpc) is 2.17. The molecule has 0 aromatic heterocycles. The van der Waals surface area contributed by atoms with Crippen LogP contribution in [0.3, 0.4) is 0 Å². The molecule has 0 fully saturated rings. The van der Waals surface area contributed by atoms with E-state index in [0.717, 1.165) is 19.6 Å². The van der Waals surface area contributed by atoms with Gasteiger partial charge in [0.1, 0.15) is 0 Å². The first kappa shape index (κ1) is 13.4. The molecule has 14 heavy (non-hydrogen) atoms. The normalized spacial score (nSPS) is 12.9. The van der Waals surface area contributed by atoms with E-state index in [4.69, 9.17) is 5.73 Å². The maximum atomic E-state index is 11.3. The van der Waals surface area contributed by atoms with Gasteiger partial charge in [-0.15, -0.1) is 0 Å². The lowest BCUT2D eigenvalue weighted by molar-refractivity contribution is -0.121. The van der Waals surface area contributed by atoms with E-state index in [1.807, 2.05) is 14.0 Å². The first-order valence-corrected chi connectivity index (χ1v) is 5.25. The molecule has 4 nitrogen and oxygen atoms in total. The molecule has 1 unspecified atom stereocenters. The summed E-state index contributed by atoms with van der Waals surface area (Å²) in [5.41, 5.74) is 5.43. The first-order valence-electron chi connectivity index (χ1n) is 5.25. The smallest absolute Gasteiger partial charge is 0.220 e. The summed E-state index contributed by atoms with van der Waals surface area (Å²) in [6.07, 6.45) is 0.534. The highest BCUT2D eigenvalue weighted by Crippen LogP contribution is 1.97. The first-order chi connectivity index (χ1) is 6.60. The summed E-state index contributed by atoms with van der Waals surface area (Å²) >= 11 is 0. The average molecular weight is 201 g/mol. The van der Waals surface area contributed by atoms with Gasteiger partial charge in [-0.2, -0.15) is 0 Å². The Morgan fingerprint density at radius 2 is 2.21 bits per heavy atom. The molecule has 0 heterocycles. The number of amides is 1. The lowest BCUT2D eigenvalue weighted by Gasteiger charge is -2.14. The third-order valence-corrected chi connectivity index (χ3v) is 2.29. The Balaban J connectivity index is 3.44. The summed E-state index contributed by atoms with van der Waals surface area (Å²) in [6, 6.07) is 0. The van der Waals surface area contributed by atoms with Crippen molar-refractivity contribution in [2.75, 3.05) is 33.2 Å². The molecule has 0 rings (SSSR count). The highest BCUT2D eigenvalue weighted by Gasteiger charge is 2.06. The van der Waals surface area contributed by atoms with Gasteiger partial charge in [0.25, 0.3) is 0 Å². The van der Waals surface area contributed by atoms with Crippen molar-refractivity contribution in [1.29, 1.82) is 0 Å². The number of likely N-dealkylation sites (N-methyl/N-ethyl adjacent to an activating group) is 1. The van der Waals surface area contributed by atoms with Crippen LogP contribution in [0.4, 0.5) is 0 Å². The molecule has 0 bridgehead atoms. The topological polar surface area (TPSA) is 58.4 Å². The molecule has 3 N–H and O–H groups in total. The van der Waals surface area contributed by atoms with E-state index >= 15 is 0 Å². The second kappa shape index (κ2) is 7.76. The Hall–Kier alpha value is -0.610. The molecule has 0 saturated heterocycles. The maximum absolute atomic E-state index is 11.3. The molecule has 1 amide bonds. The van der Waals surface area contributed by atoms with E-state index in [1.165, 1.54) is 0 Å². The van der Waals surface area contributed by atoms with Crippen molar-refractivity contribution in [2.24, 2.45) is 11.7 Å². The van der Waals surface area contributed by atoms with Crippen molar-refractivity contribution in [2.45, 2.75) is 20.3 Å². The van der Waals surface area contributed by atoms with Crippen molar-refractivity contribution < 1.29 is 4.79 Å². The molecule has 0 radical (unpaired) electrons. The summed E-state index contributed by atoms with van der Waals surface area (Å²) < 4.78 is 0. The van der Waals surface area contributed by atoms with Crippen molar-refractivity contribution in [3.05, 3.63) is 0 Å². The predicted molar refractivity (Wildman–Crippen MR) is 59.0 cm³/mol. The lowest BCUT2D eigenvalue weighted by atomic mass is 10.1. The number of rotatable bonds is 7. The van der Waals surface area contributed by atoms with Crippen LogP contribution < -0.4 is 11.1 Å².